The molecule has 27 heavy (non-hydrogen) atoms. The Kier molecular flexibility index (Phi) is 14.2. The highest BCUT2D eigenvalue weighted by Crippen LogP contribution is 2.84. The number of unbranched alkanes of at least 4 members (excludes halogenated alkanes) is 10. The fourth-order valence-electron chi connectivity index (χ4n) is 2.97. The van der Waals surface area contributed by atoms with Crippen LogP contribution in [0.1, 0.15) is 96.8 Å². The summed E-state index contributed by atoms with van der Waals surface area (Å²) in [5.41, 5.74) is 0. The summed E-state index contributed by atoms with van der Waals surface area (Å²) in [4.78, 5) is 11.9. The van der Waals surface area contributed by atoms with Crippen LogP contribution in [0, 0.1) is 0 Å². The largest absolute Gasteiger partial charge is 0.356 e. The van der Waals surface area contributed by atoms with Crippen LogP contribution in [0.4, 0.5) is 0 Å². The van der Waals surface area contributed by atoms with Crippen molar-refractivity contribution in [3.05, 3.63) is 0 Å². The van der Waals surface area contributed by atoms with Crippen molar-refractivity contribution >= 4 is 70.7 Å². The van der Waals surface area contributed by atoms with E-state index in [9.17, 15) is 4.79 Å². The van der Waals surface area contributed by atoms with E-state index in [-0.39, 0.29) is 5.91 Å². The van der Waals surface area contributed by atoms with Crippen LogP contribution in [0.2, 0.25) is 0 Å². The van der Waals surface area contributed by atoms with Gasteiger partial charge in [-0.2, -0.15) is 0 Å². The van der Waals surface area contributed by atoms with Crippen LogP contribution in [-0.2, 0) is 4.79 Å². The maximum absolute atomic E-state index is 11.9. The molecule has 1 amide bonds. The van der Waals surface area contributed by atoms with Gasteiger partial charge in [-0.3, -0.25) is 4.79 Å². The molecule has 2 nitrogen and oxygen atoms in total. The Hall–Kier alpha value is 1.57. The van der Waals surface area contributed by atoms with Crippen LogP contribution >= 0.6 is 64.8 Å². The van der Waals surface area contributed by atoms with Crippen LogP contribution in [0.25, 0.3) is 0 Å². The third-order valence-electron chi connectivity index (χ3n) is 4.68. The number of rotatable bonds is 16. The first-order chi connectivity index (χ1) is 13.2. The van der Waals surface area contributed by atoms with E-state index in [4.69, 9.17) is 0 Å². The van der Waals surface area contributed by atoms with E-state index in [1.54, 1.807) is 0 Å². The Morgan fingerprint density at radius 1 is 0.778 bits per heavy atom. The molecule has 8 heteroatoms. The van der Waals surface area contributed by atoms with E-state index in [0.29, 0.717) is 2.74 Å². The maximum Gasteiger partial charge on any atom is 0.219 e. The molecule has 2 fully saturated rings. The highest BCUT2D eigenvalue weighted by atomic mass is 33.2. The molecule has 1 N–H and O–H groups in total. The van der Waals surface area contributed by atoms with Crippen LogP contribution in [-0.4, -0.2) is 19.8 Å². The third-order valence-corrected chi connectivity index (χ3v) is 18.6. The van der Waals surface area contributed by atoms with Crippen LogP contribution < -0.4 is 5.32 Å². The molecule has 0 atom stereocenters. The predicted molar refractivity (Wildman–Crippen MR) is 135 cm³/mol. The van der Waals surface area contributed by atoms with Gasteiger partial charge in [0, 0.05) is 13.0 Å². The quantitative estimate of drug-likeness (QED) is 0.133. The molecule has 0 aromatic rings. The minimum absolute atomic E-state index is 0.256. The lowest BCUT2D eigenvalue weighted by molar-refractivity contribution is -0.121. The average molecular weight is 486 g/mol. The van der Waals surface area contributed by atoms with Crippen molar-refractivity contribution in [2.45, 2.75) is 104 Å². The second-order valence-corrected chi connectivity index (χ2v) is 16.9. The maximum atomic E-state index is 11.9. The van der Waals surface area contributed by atoms with Gasteiger partial charge in [-0.05, 0) is 47.3 Å². The van der Waals surface area contributed by atoms with Crippen molar-refractivity contribution in [2.24, 2.45) is 0 Å². The van der Waals surface area contributed by atoms with Gasteiger partial charge in [-0.1, -0.05) is 108 Å². The Balaban J connectivity index is 1.29. The average Bonchev–Trinajstić information content (AvgIpc) is 3.44. The molecule has 2 rings (SSSR count). The van der Waals surface area contributed by atoms with Gasteiger partial charge < -0.3 is 5.32 Å². The van der Waals surface area contributed by atoms with E-state index in [1.807, 2.05) is 43.2 Å². The number of nitrogens with one attached hydrogen (secondary N) is 1. The van der Waals surface area contributed by atoms with Crippen molar-refractivity contribution in [3.8, 4) is 0 Å². The van der Waals surface area contributed by atoms with Gasteiger partial charge in [0.25, 0.3) is 0 Å². The summed E-state index contributed by atoms with van der Waals surface area (Å²) in [7, 11) is 12.2. The molecule has 2 saturated heterocycles. The Labute approximate surface area is 190 Å². The minimum Gasteiger partial charge on any atom is -0.356 e. The molecule has 2 aliphatic rings. The van der Waals surface area contributed by atoms with Gasteiger partial charge in [0.2, 0.25) is 5.91 Å². The first-order valence-electron chi connectivity index (χ1n) is 10.6. The monoisotopic (exact) mass is 485 g/mol. The summed E-state index contributed by atoms with van der Waals surface area (Å²) in [6.07, 6.45) is 17.5. The summed E-state index contributed by atoms with van der Waals surface area (Å²) < 4.78 is 1.14. The Morgan fingerprint density at radius 3 is 1.96 bits per heavy atom. The highest BCUT2D eigenvalue weighted by molar-refractivity contribution is 9.14. The molecule has 0 unspecified atom stereocenters. The van der Waals surface area contributed by atoms with Gasteiger partial charge in [0.15, 0.2) is 2.74 Å². The minimum atomic E-state index is 0.256. The fraction of sp³-hybridized carbons (Fsp3) is 0.947. The van der Waals surface area contributed by atoms with Gasteiger partial charge in [0.1, 0.15) is 0 Å². The fourth-order valence-corrected chi connectivity index (χ4v) is 16.4. The summed E-state index contributed by atoms with van der Waals surface area (Å²) in [6.45, 7) is 3.13. The molecule has 0 bridgehead atoms. The molecule has 2 heterocycles. The number of carbonyl (C=O) groups excluding carboxylic acids is 1. The van der Waals surface area contributed by atoms with Crippen molar-refractivity contribution < 1.29 is 4.79 Å². The Morgan fingerprint density at radius 2 is 1.37 bits per heavy atom. The Bertz CT molecular complexity index is 398. The lowest BCUT2D eigenvalue weighted by Crippen LogP contribution is -2.24. The number of hydrogen-bond acceptors (Lipinski definition) is 7. The molecular formula is C19H35NOS6. The molecule has 0 aromatic carbocycles. The lowest BCUT2D eigenvalue weighted by atomic mass is 10.1. The van der Waals surface area contributed by atoms with E-state index < -0.39 is 0 Å². The number of hydrogen-bond donors (Lipinski definition) is 1. The molecule has 0 saturated carbocycles. The first-order valence-corrected chi connectivity index (χ1v) is 17.1. The van der Waals surface area contributed by atoms with Gasteiger partial charge >= 0.3 is 0 Å². The van der Waals surface area contributed by atoms with Gasteiger partial charge in [-0.25, -0.2) is 0 Å². The summed E-state index contributed by atoms with van der Waals surface area (Å²) in [5, 5.41) is 3.10. The molecule has 2 aliphatic heterocycles. The molecule has 1 spiro atoms. The van der Waals surface area contributed by atoms with Gasteiger partial charge in [-0.15, -0.1) is 0 Å². The molecule has 0 radical (unpaired) electrons. The SMILES string of the molecule is CCCCCCCCCCCCC(=O)NCCCCC1SSC2(SS1)SS2. The highest BCUT2D eigenvalue weighted by Gasteiger charge is 2.52. The molecule has 0 aliphatic carbocycles. The zero-order valence-corrected chi connectivity index (χ0v) is 21.4. The molecule has 0 aromatic heterocycles. The van der Waals surface area contributed by atoms with Crippen molar-refractivity contribution in [1.29, 1.82) is 0 Å². The van der Waals surface area contributed by atoms with Crippen molar-refractivity contribution in [3.63, 3.8) is 0 Å². The predicted octanol–water partition coefficient (Wildman–Crippen LogP) is 8.69. The number of amides is 1. The summed E-state index contributed by atoms with van der Waals surface area (Å²) in [5.74, 6) is 0.256. The van der Waals surface area contributed by atoms with Crippen LogP contribution in [0.15, 0.2) is 0 Å². The molecule has 158 valence electrons. The zero-order valence-electron chi connectivity index (χ0n) is 16.5. The smallest absolute Gasteiger partial charge is 0.219 e. The van der Waals surface area contributed by atoms with E-state index in [0.717, 1.165) is 30.4 Å². The van der Waals surface area contributed by atoms with E-state index >= 15 is 0 Å². The molecular weight excluding hydrogens is 451 g/mol. The van der Waals surface area contributed by atoms with Gasteiger partial charge in [0.05, 0.1) is 4.58 Å². The first kappa shape index (κ1) is 24.8. The van der Waals surface area contributed by atoms with Crippen LogP contribution in [0.3, 0.4) is 0 Å². The van der Waals surface area contributed by atoms with E-state index in [2.05, 4.69) is 33.8 Å². The van der Waals surface area contributed by atoms with Crippen molar-refractivity contribution in [2.75, 3.05) is 6.54 Å². The number of carbonyl (C=O) groups is 1. The van der Waals surface area contributed by atoms with E-state index in [1.165, 1.54) is 70.6 Å². The summed E-state index contributed by atoms with van der Waals surface area (Å²) >= 11 is 0. The normalized spacial score (nSPS) is 18.7. The zero-order chi connectivity index (χ0) is 19.2. The van der Waals surface area contributed by atoms with Crippen LogP contribution in [0.5, 0.6) is 0 Å². The second-order valence-electron chi connectivity index (χ2n) is 7.23. The lowest BCUT2D eigenvalue weighted by Gasteiger charge is -2.23. The van der Waals surface area contributed by atoms with Crippen molar-refractivity contribution in [1.82, 2.24) is 5.32 Å². The topological polar surface area (TPSA) is 29.1 Å². The second kappa shape index (κ2) is 15.4. The summed E-state index contributed by atoms with van der Waals surface area (Å²) in [6, 6.07) is 0. The third kappa shape index (κ3) is 12.1. The standard InChI is InChI=1S/C19H35NOS6/c1-2-3-4-5-6-7-8-9-10-11-14-17(21)20-16-13-12-15-18-22-24-19(25-23-18)26-27-19/h18H,2-16H2,1H3,(H,20,21).